The molecule has 3 N–H and O–H groups in total. The lowest BCUT2D eigenvalue weighted by Gasteiger charge is -2.30. The van der Waals surface area contributed by atoms with Gasteiger partial charge in [-0.2, -0.15) is 0 Å². The maximum absolute atomic E-state index is 12.9. The maximum Gasteiger partial charge on any atom is 0.251 e. The molecule has 0 saturated carbocycles. The Balaban J connectivity index is 1.91. The molecule has 0 bridgehead atoms. The number of likely N-dealkylation sites (tertiary alicyclic amines) is 1. The molecule has 2 aromatic carbocycles. The molecular formula is C19H22ClN3O3S. The van der Waals surface area contributed by atoms with Gasteiger partial charge in [0, 0.05) is 11.6 Å². The summed E-state index contributed by atoms with van der Waals surface area (Å²) < 4.78 is 23.4. The highest BCUT2D eigenvalue weighted by atomic mass is 35.5. The third kappa shape index (κ3) is 4.50. The van der Waals surface area contributed by atoms with E-state index in [2.05, 4.69) is 10.2 Å². The van der Waals surface area contributed by atoms with Gasteiger partial charge < -0.3 is 10.2 Å². The molecule has 1 aliphatic heterocycles. The van der Waals surface area contributed by atoms with Crippen LogP contribution in [0.4, 0.5) is 0 Å². The number of carbonyl (C=O) groups is 1. The molecule has 1 heterocycles. The number of primary sulfonamides is 1. The Bertz CT molecular complexity index is 934. The smallest absolute Gasteiger partial charge is 0.251 e. The van der Waals surface area contributed by atoms with Crippen LogP contribution in [0.1, 0.15) is 34.8 Å². The van der Waals surface area contributed by atoms with Crippen molar-refractivity contribution < 1.29 is 13.2 Å². The molecule has 8 heteroatoms. The molecule has 1 saturated heterocycles. The van der Waals surface area contributed by atoms with Gasteiger partial charge in [-0.15, -0.1) is 0 Å². The SMILES string of the molecule is CN1CCC[C@H]1[C@H](NC(=O)c1ccc(Cl)c(S(N)(=O)=O)c1)c1ccccc1. The summed E-state index contributed by atoms with van der Waals surface area (Å²) in [4.78, 5) is 14.8. The van der Waals surface area contributed by atoms with E-state index in [0.29, 0.717) is 0 Å². The second-order valence-electron chi connectivity index (χ2n) is 6.74. The third-order valence-electron chi connectivity index (χ3n) is 4.91. The summed E-state index contributed by atoms with van der Waals surface area (Å²) in [6, 6.07) is 13.8. The minimum absolute atomic E-state index is 0.0100. The van der Waals surface area contributed by atoms with Crippen LogP contribution in [0.15, 0.2) is 53.4 Å². The van der Waals surface area contributed by atoms with E-state index in [0.717, 1.165) is 24.9 Å². The van der Waals surface area contributed by atoms with Crippen molar-refractivity contribution in [3.05, 3.63) is 64.7 Å². The number of amides is 1. The van der Waals surface area contributed by atoms with Gasteiger partial charge in [-0.25, -0.2) is 13.6 Å². The minimum atomic E-state index is -4.01. The summed E-state index contributed by atoms with van der Waals surface area (Å²) in [7, 11) is -1.97. The summed E-state index contributed by atoms with van der Waals surface area (Å²) >= 11 is 5.91. The van der Waals surface area contributed by atoms with Crippen molar-refractivity contribution in [2.75, 3.05) is 13.6 Å². The number of nitrogens with one attached hydrogen (secondary N) is 1. The van der Waals surface area contributed by atoms with E-state index in [1.165, 1.54) is 18.2 Å². The Hall–Kier alpha value is -1.93. The van der Waals surface area contributed by atoms with E-state index in [1.807, 2.05) is 37.4 Å². The molecule has 144 valence electrons. The van der Waals surface area contributed by atoms with Crippen LogP contribution in [0.25, 0.3) is 0 Å². The summed E-state index contributed by atoms with van der Waals surface area (Å²) in [6.07, 6.45) is 2.04. The van der Waals surface area contributed by atoms with Gasteiger partial charge in [0.25, 0.3) is 5.91 Å². The Morgan fingerprint density at radius 3 is 2.56 bits per heavy atom. The molecule has 2 aromatic rings. The molecule has 27 heavy (non-hydrogen) atoms. The van der Waals surface area contributed by atoms with E-state index < -0.39 is 10.0 Å². The predicted octanol–water partition coefficient (Wildman–Crippen LogP) is 2.55. The molecule has 0 unspecified atom stereocenters. The number of nitrogens with two attached hydrogens (primary N) is 1. The highest BCUT2D eigenvalue weighted by molar-refractivity contribution is 7.89. The Labute approximate surface area is 164 Å². The molecule has 3 rings (SSSR count). The van der Waals surface area contributed by atoms with Crippen molar-refractivity contribution >= 4 is 27.5 Å². The number of hydrogen-bond donors (Lipinski definition) is 2. The van der Waals surface area contributed by atoms with Crippen LogP contribution < -0.4 is 10.5 Å². The summed E-state index contributed by atoms with van der Waals surface area (Å²) in [6.45, 7) is 0.973. The molecule has 0 radical (unpaired) electrons. The van der Waals surface area contributed by atoms with Gasteiger partial charge in [-0.05, 0) is 50.2 Å². The van der Waals surface area contributed by atoms with E-state index in [-0.39, 0.29) is 33.5 Å². The Kier molecular flexibility index (Phi) is 5.86. The number of benzene rings is 2. The van der Waals surface area contributed by atoms with Crippen molar-refractivity contribution in [3.8, 4) is 0 Å². The normalized spacial score (nSPS) is 19.0. The minimum Gasteiger partial charge on any atom is -0.344 e. The van der Waals surface area contributed by atoms with E-state index in [1.54, 1.807) is 0 Å². The molecule has 1 amide bonds. The van der Waals surface area contributed by atoms with Crippen molar-refractivity contribution in [2.45, 2.75) is 29.8 Å². The highest BCUT2D eigenvalue weighted by Crippen LogP contribution is 2.29. The van der Waals surface area contributed by atoms with Gasteiger partial charge in [0.05, 0.1) is 11.1 Å². The van der Waals surface area contributed by atoms with Crippen molar-refractivity contribution in [3.63, 3.8) is 0 Å². The van der Waals surface area contributed by atoms with Crippen LogP contribution >= 0.6 is 11.6 Å². The van der Waals surface area contributed by atoms with Gasteiger partial charge >= 0.3 is 0 Å². The number of rotatable bonds is 5. The predicted molar refractivity (Wildman–Crippen MR) is 105 cm³/mol. The van der Waals surface area contributed by atoms with Crippen LogP contribution in [0.3, 0.4) is 0 Å². The first-order valence-electron chi connectivity index (χ1n) is 8.66. The first kappa shape index (κ1) is 19.8. The van der Waals surface area contributed by atoms with Crippen molar-refractivity contribution in [1.29, 1.82) is 0 Å². The largest absolute Gasteiger partial charge is 0.344 e. The zero-order valence-corrected chi connectivity index (χ0v) is 16.5. The van der Waals surface area contributed by atoms with E-state index in [4.69, 9.17) is 16.7 Å². The molecular weight excluding hydrogens is 386 g/mol. The van der Waals surface area contributed by atoms with Gasteiger partial charge in [-0.3, -0.25) is 4.79 Å². The standard InChI is InChI=1S/C19H22ClN3O3S/c1-23-11-5-8-16(23)18(13-6-3-2-4-7-13)22-19(24)14-9-10-15(20)17(12-14)27(21,25)26/h2-4,6-7,9-10,12,16,18H,5,8,11H2,1H3,(H,22,24)(H2,21,25,26)/t16-,18+/m0/s1. The maximum atomic E-state index is 12.9. The number of likely N-dealkylation sites (N-methyl/N-ethyl adjacent to an activating group) is 1. The highest BCUT2D eigenvalue weighted by Gasteiger charge is 2.32. The topological polar surface area (TPSA) is 92.5 Å². The van der Waals surface area contributed by atoms with Gasteiger partial charge in [0.1, 0.15) is 4.90 Å². The fraction of sp³-hybridized carbons (Fsp3) is 0.316. The lowest BCUT2D eigenvalue weighted by molar-refractivity contribution is 0.0912. The second kappa shape index (κ2) is 7.98. The first-order valence-corrected chi connectivity index (χ1v) is 10.6. The molecule has 6 nitrogen and oxygen atoms in total. The summed E-state index contributed by atoms with van der Waals surface area (Å²) in [5.41, 5.74) is 1.20. The Morgan fingerprint density at radius 2 is 1.96 bits per heavy atom. The molecule has 2 atom stereocenters. The first-order chi connectivity index (χ1) is 12.8. The Morgan fingerprint density at radius 1 is 1.26 bits per heavy atom. The molecule has 0 aromatic heterocycles. The summed E-state index contributed by atoms with van der Waals surface area (Å²) in [5.74, 6) is -0.370. The molecule has 1 fully saturated rings. The number of carbonyl (C=O) groups excluding carboxylic acids is 1. The molecule has 0 spiro atoms. The van der Waals surface area contributed by atoms with E-state index >= 15 is 0 Å². The molecule has 1 aliphatic rings. The van der Waals surface area contributed by atoms with Crippen LogP contribution in [-0.4, -0.2) is 38.9 Å². The second-order valence-corrected chi connectivity index (χ2v) is 8.68. The fourth-order valence-corrected chi connectivity index (χ4v) is 4.58. The number of nitrogens with zero attached hydrogens (tertiary/aromatic N) is 1. The van der Waals surface area contributed by atoms with Gasteiger partial charge in [-0.1, -0.05) is 41.9 Å². The van der Waals surface area contributed by atoms with E-state index in [9.17, 15) is 13.2 Å². The number of sulfonamides is 1. The molecule has 0 aliphatic carbocycles. The van der Waals surface area contributed by atoms with Gasteiger partial charge in [0.2, 0.25) is 10.0 Å². The lowest BCUT2D eigenvalue weighted by Crippen LogP contribution is -2.41. The number of hydrogen-bond acceptors (Lipinski definition) is 4. The summed E-state index contributed by atoms with van der Waals surface area (Å²) in [5, 5.41) is 8.24. The van der Waals surface area contributed by atoms with Crippen molar-refractivity contribution in [2.24, 2.45) is 5.14 Å². The van der Waals surface area contributed by atoms with Gasteiger partial charge in [0.15, 0.2) is 0 Å². The van der Waals surface area contributed by atoms with Crippen molar-refractivity contribution in [1.82, 2.24) is 10.2 Å². The third-order valence-corrected chi connectivity index (χ3v) is 6.30. The zero-order valence-electron chi connectivity index (χ0n) is 14.9. The monoisotopic (exact) mass is 407 g/mol. The average Bonchev–Trinajstić information content (AvgIpc) is 3.05. The average molecular weight is 408 g/mol. The number of halogens is 1. The lowest BCUT2D eigenvalue weighted by atomic mass is 9.97. The van der Waals surface area contributed by atoms with Crippen LogP contribution in [0.2, 0.25) is 5.02 Å². The fourth-order valence-electron chi connectivity index (χ4n) is 3.51. The van der Waals surface area contributed by atoms with Crippen LogP contribution in [0.5, 0.6) is 0 Å². The van der Waals surface area contributed by atoms with Crippen LogP contribution in [0, 0.1) is 0 Å². The quantitative estimate of drug-likeness (QED) is 0.796. The zero-order chi connectivity index (χ0) is 19.6. The van der Waals surface area contributed by atoms with Crippen LogP contribution in [-0.2, 0) is 10.0 Å².